The van der Waals surface area contributed by atoms with Crippen LogP contribution in [0.25, 0.3) is 0 Å². The van der Waals surface area contributed by atoms with E-state index in [2.05, 4.69) is 15.2 Å². The van der Waals surface area contributed by atoms with Crippen molar-refractivity contribution in [1.82, 2.24) is 5.64 Å². The van der Waals surface area contributed by atoms with Crippen molar-refractivity contribution >= 4 is 11.9 Å². The van der Waals surface area contributed by atoms with E-state index in [1.165, 1.54) is 13.2 Å². The first-order valence-corrected chi connectivity index (χ1v) is 4.51. The lowest BCUT2D eigenvalue weighted by molar-refractivity contribution is -0.159. The number of carbonyl (C=O) groups is 2. The summed E-state index contributed by atoms with van der Waals surface area (Å²) in [4.78, 5) is 31.7. The third-order valence-electron chi connectivity index (χ3n) is 2.09. The fourth-order valence-corrected chi connectivity index (χ4v) is 1.39. The second-order valence-corrected chi connectivity index (χ2v) is 3.13. The maximum Gasteiger partial charge on any atom is 0.346 e. The van der Waals surface area contributed by atoms with Crippen LogP contribution in [-0.4, -0.2) is 19.0 Å². The van der Waals surface area contributed by atoms with Gasteiger partial charge in [-0.2, -0.15) is 0 Å². The summed E-state index contributed by atoms with van der Waals surface area (Å²) in [5.74, 6) is -1.23. The molecular weight excluding hydrogens is 214 g/mol. The fraction of sp³-hybridized carbons (Fsp3) is 0.200. The van der Waals surface area contributed by atoms with Crippen molar-refractivity contribution in [3.05, 3.63) is 34.9 Å². The largest absolute Gasteiger partial charge is 0.386 e. The number of carbonyl (C=O) groups excluding carboxylic acids is 2. The minimum absolute atomic E-state index is 0.211. The zero-order valence-corrected chi connectivity index (χ0v) is 8.48. The molecule has 1 aliphatic rings. The second kappa shape index (κ2) is 4.40. The molecule has 0 bridgehead atoms. The molecule has 1 aliphatic heterocycles. The van der Waals surface area contributed by atoms with Crippen LogP contribution >= 0.6 is 0 Å². The van der Waals surface area contributed by atoms with E-state index in [0.29, 0.717) is 0 Å². The molecule has 6 heteroatoms. The summed E-state index contributed by atoms with van der Waals surface area (Å²) in [6, 6.07) is 4.77. The lowest BCUT2D eigenvalue weighted by Gasteiger charge is -2.03. The van der Waals surface area contributed by atoms with Crippen molar-refractivity contribution in [2.75, 3.05) is 7.11 Å². The first-order chi connectivity index (χ1) is 7.72. The third kappa shape index (κ3) is 1.94. The molecule has 0 saturated carbocycles. The number of rotatable bonds is 4. The van der Waals surface area contributed by atoms with Crippen molar-refractivity contribution in [1.29, 1.82) is 0 Å². The Morgan fingerprint density at radius 3 is 2.75 bits per heavy atom. The highest BCUT2D eigenvalue weighted by atomic mass is 16.9. The number of hydrogen-bond acceptors (Lipinski definition) is 6. The molecule has 0 radical (unpaired) electrons. The molecule has 1 heterocycles. The highest BCUT2D eigenvalue weighted by Gasteiger charge is 2.29. The molecule has 1 aromatic carbocycles. The van der Waals surface area contributed by atoms with Crippen molar-refractivity contribution < 1.29 is 24.0 Å². The molecule has 0 spiro atoms. The maximum atomic E-state index is 11.2. The second-order valence-electron chi connectivity index (χ2n) is 3.13. The molecular formula is C10H9NO5. The van der Waals surface area contributed by atoms with E-state index in [4.69, 9.17) is 4.84 Å². The topological polar surface area (TPSA) is 73.9 Å². The maximum absolute atomic E-state index is 11.2. The van der Waals surface area contributed by atoms with Crippen LogP contribution in [0.5, 0.6) is 0 Å². The zero-order chi connectivity index (χ0) is 11.5. The number of hydrogen-bond donors (Lipinski definition) is 1. The smallest absolute Gasteiger partial charge is 0.346 e. The van der Waals surface area contributed by atoms with Gasteiger partial charge in [-0.15, -0.1) is 0 Å². The molecule has 0 aliphatic carbocycles. The Balaban J connectivity index is 2.16. The summed E-state index contributed by atoms with van der Waals surface area (Å²) in [7, 11) is 1.42. The summed E-state index contributed by atoms with van der Waals surface area (Å²) < 4.78 is 4.45. The molecule has 0 aromatic heterocycles. The van der Waals surface area contributed by atoms with Crippen LogP contribution in [-0.2, 0) is 21.0 Å². The van der Waals surface area contributed by atoms with Crippen LogP contribution in [0.2, 0.25) is 0 Å². The summed E-state index contributed by atoms with van der Waals surface area (Å²) in [6.45, 7) is 0.211. The number of cyclic esters (lactones) is 2. The molecule has 6 nitrogen and oxygen atoms in total. The Hall–Kier alpha value is -1.76. The van der Waals surface area contributed by atoms with Gasteiger partial charge in [0.15, 0.2) is 0 Å². The molecule has 0 atom stereocenters. The van der Waals surface area contributed by atoms with Crippen molar-refractivity contribution in [3.8, 4) is 0 Å². The summed E-state index contributed by atoms with van der Waals surface area (Å²) in [5, 5.41) is 0. The number of benzene rings is 1. The predicted molar refractivity (Wildman–Crippen MR) is 51.1 cm³/mol. The zero-order valence-electron chi connectivity index (χ0n) is 8.48. The number of esters is 2. The summed E-state index contributed by atoms with van der Waals surface area (Å²) in [6.07, 6.45) is 0. The van der Waals surface area contributed by atoms with Gasteiger partial charge in [0.05, 0.1) is 24.8 Å². The standard InChI is InChI=1S/C10H9NO5/c1-14-11-15-5-6-2-3-7-8(4-6)10(13)16-9(7)12/h2-4,11H,5H2,1H3. The van der Waals surface area contributed by atoms with Gasteiger partial charge >= 0.3 is 11.9 Å². The van der Waals surface area contributed by atoms with Gasteiger partial charge in [-0.1, -0.05) is 11.7 Å². The van der Waals surface area contributed by atoms with Crippen molar-refractivity contribution in [2.24, 2.45) is 0 Å². The lowest BCUT2D eigenvalue weighted by Crippen LogP contribution is -2.12. The number of ether oxygens (including phenoxy) is 1. The lowest BCUT2D eigenvalue weighted by atomic mass is 10.1. The number of nitrogens with one attached hydrogen (secondary N) is 1. The summed E-state index contributed by atoms with van der Waals surface area (Å²) >= 11 is 0. The third-order valence-corrected chi connectivity index (χ3v) is 2.09. The van der Waals surface area contributed by atoms with Crippen molar-refractivity contribution in [3.63, 3.8) is 0 Å². The van der Waals surface area contributed by atoms with E-state index >= 15 is 0 Å². The molecule has 0 unspecified atom stereocenters. The fourth-order valence-electron chi connectivity index (χ4n) is 1.39. The van der Waals surface area contributed by atoms with Gasteiger partial charge < -0.3 is 4.74 Å². The molecule has 1 aromatic rings. The quantitative estimate of drug-likeness (QED) is 0.348. The van der Waals surface area contributed by atoms with Gasteiger partial charge in [-0.25, -0.2) is 9.59 Å². The van der Waals surface area contributed by atoms with E-state index in [0.717, 1.165) is 5.56 Å². The predicted octanol–water partition coefficient (Wildman–Crippen LogP) is 0.580. The van der Waals surface area contributed by atoms with E-state index in [9.17, 15) is 9.59 Å². The highest BCUT2D eigenvalue weighted by Crippen LogP contribution is 2.21. The first-order valence-electron chi connectivity index (χ1n) is 4.51. The van der Waals surface area contributed by atoms with Crippen LogP contribution in [0.15, 0.2) is 18.2 Å². The normalized spacial score (nSPS) is 13.8. The SMILES string of the molecule is CONOCc1ccc2c(c1)C(=O)OC2=O. The molecule has 0 saturated heterocycles. The van der Waals surface area contributed by atoms with Crippen LogP contribution in [0.3, 0.4) is 0 Å². The average molecular weight is 223 g/mol. The Kier molecular flexibility index (Phi) is 2.95. The average Bonchev–Trinajstić information content (AvgIpc) is 2.55. The van der Waals surface area contributed by atoms with Crippen LogP contribution in [0, 0.1) is 0 Å². The molecule has 16 heavy (non-hydrogen) atoms. The van der Waals surface area contributed by atoms with E-state index in [1.807, 2.05) is 0 Å². The molecule has 0 fully saturated rings. The van der Waals surface area contributed by atoms with E-state index in [1.54, 1.807) is 12.1 Å². The highest BCUT2D eigenvalue weighted by molar-refractivity contribution is 6.14. The van der Waals surface area contributed by atoms with Crippen LogP contribution in [0.1, 0.15) is 26.3 Å². The Morgan fingerprint density at radius 1 is 1.25 bits per heavy atom. The van der Waals surface area contributed by atoms with Crippen molar-refractivity contribution in [2.45, 2.75) is 6.61 Å². The van der Waals surface area contributed by atoms with Gasteiger partial charge in [0.2, 0.25) is 0 Å². The Labute approximate surface area is 91.0 Å². The first kappa shape index (κ1) is 10.7. The molecule has 0 amide bonds. The monoisotopic (exact) mass is 223 g/mol. The van der Waals surface area contributed by atoms with Gasteiger partial charge in [0.1, 0.15) is 0 Å². The Morgan fingerprint density at radius 2 is 2.00 bits per heavy atom. The van der Waals surface area contributed by atoms with Crippen LogP contribution < -0.4 is 5.64 Å². The van der Waals surface area contributed by atoms with Gasteiger partial charge in [-0.05, 0) is 17.7 Å². The molecule has 84 valence electrons. The van der Waals surface area contributed by atoms with Gasteiger partial charge in [-0.3, -0.25) is 9.68 Å². The number of fused-ring (bicyclic) bond motifs is 1. The van der Waals surface area contributed by atoms with E-state index < -0.39 is 11.9 Å². The summed E-state index contributed by atoms with van der Waals surface area (Å²) in [5.41, 5.74) is 3.49. The molecule has 2 rings (SSSR count). The molecule has 1 N–H and O–H groups in total. The minimum atomic E-state index is -0.624. The van der Waals surface area contributed by atoms with Gasteiger partial charge in [0, 0.05) is 0 Å². The van der Waals surface area contributed by atoms with Gasteiger partial charge in [0.25, 0.3) is 0 Å². The van der Waals surface area contributed by atoms with Crippen LogP contribution in [0.4, 0.5) is 0 Å². The Bertz CT molecular complexity index is 443. The van der Waals surface area contributed by atoms with E-state index in [-0.39, 0.29) is 17.7 Å². The minimum Gasteiger partial charge on any atom is -0.386 e.